The van der Waals surface area contributed by atoms with Crippen molar-refractivity contribution in [3.05, 3.63) is 29.0 Å². The van der Waals surface area contributed by atoms with Crippen molar-refractivity contribution in [1.82, 2.24) is 0 Å². The Morgan fingerprint density at radius 1 is 1.64 bits per heavy atom. The number of rotatable bonds is 3. The van der Waals surface area contributed by atoms with Gasteiger partial charge in [-0.2, -0.15) is 0 Å². The van der Waals surface area contributed by atoms with Crippen LogP contribution in [0, 0.1) is 5.82 Å². The van der Waals surface area contributed by atoms with Crippen molar-refractivity contribution in [2.45, 2.75) is 13.0 Å². The van der Waals surface area contributed by atoms with Crippen LogP contribution in [0.15, 0.2) is 18.2 Å². The molecule has 0 aromatic heterocycles. The zero-order valence-electron chi connectivity index (χ0n) is 7.55. The topological polar surface area (TPSA) is 55.1 Å². The number of nitrogens with two attached hydrogens (primary N) is 1. The van der Waals surface area contributed by atoms with E-state index in [0.717, 1.165) is 0 Å². The smallest absolute Gasteiger partial charge is 0.239 e. The molecule has 0 saturated heterocycles. The Morgan fingerprint density at radius 2 is 2.29 bits per heavy atom. The Balaban J connectivity index is 2.78. The Morgan fingerprint density at radius 3 is 2.79 bits per heavy atom. The van der Waals surface area contributed by atoms with Gasteiger partial charge in [0.05, 0.1) is 5.02 Å². The van der Waals surface area contributed by atoms with Crippen LogP contribution in [0.2, 0.25) is 5.02 Å². The third-order valence-corrected chi connectivity index (χ3v) is 2.02. The fraction of sp³-hybridized carbons (Fsp3) is 0.222. The second kappa shape index (κ2) is 4.28. The summed E-state index contributed by atoms with van der Waals surface area (Å²) in [7, 11) is 0. The van der Waals surface area contributed by atoms with E-state index in [2.05, 4.69) is 5.32 Å². The zero-order valence-corrected chi connectivity index (χ0v) is 8.31. The summed E-state index contributed by atoms with van der Waals surface area (Å²) < 4.78 is 12.7. The Kier molecular flexibility index (Phi) is 3.30. The molecule has 0 aliphatic rings. The minimum absolute atomic E-state index is 0.00618. The van der Waals surface area contributed by atoms with Gasteiger partial charge in [-0.3, -0.25) is 4.79 Å². The first-order chi connectivity index (χ1) is 6.50. The molecule has 76 valence electrons. The van der Waals surface area contributed by atoms with Gasteiger partial charge in [-0.1, -0.05) is 11.6 Å². The predicted molar refractivity (Wildman–Crippen MR) is 53.7 cm³/mol. The van der Waals surface area contributed by atoms with E-state index < -0.39 is 17.8 Å². The first-order valence-corrected chi connectivity index (χ1v) is 4.39. The van der Waals surface area contributed by atoms with Gasteiger partial charge in [0.2, 0.25) is 5.91 Å². The third-order valence-electron chi connectivity index (χ3n) is 1.73. The summed E-state index contributed by atoms with van der Waals surface area (Å²) in [5.74, 6) is -0.977. The molecule has 1 aromatic carbocycles. The molecule has 5 heteroatoms. The lowest BCUT2D eigenvalue weighted by molar-refractivity contribution is -0.118. The number of carbonyl (C=O) groups is 1. The maximum absolute atomic E-state index is 12.7. The Hall–Kier alpha value is -1.29. The number of hydrogen-bond donors (Lipinski definition) is 2. The molecule has 0 spiro atoms. The average Bonchev–Trinajstić information content (AvgIpc) is 2.11. The largest absolute Gasteiger partial charge is 0.374 e. The maximum atomic E-state index is 12.7. The summed E-state index contributed by atoms with van der Waals surface area (Å²) in [6.07, 6.45) is 0. The molecule has 0 radical (unpaired) electrons. The summed E-state index contributed by atoms with van der Waals surface area (Å²) in [5.41, 5.74) is 5.60. The van der Waals surface area contributed by atoms with Crippen molar-refractivity contribution >= 4 is 23.2 Å². The van der Waals surface area contributed by atoms with Gasteiger partial charge in [-0.15, -0.1) is 0 Å². The first-order valence-electron chi connectivity index (χ1n) is 4.01. The molecule has 1 aromatic rings. The summed E-state index contributed by atoms with van der Waals surface area (Å²) in [5, 5.41) is 2.79. The van der Waals surface area contributed by atoms with E-state index in [9.17, 15) is 9.18 Å². The number of amides is 1. The van der Waals surface area contributed by atoms with Gasteiger partial charge in [-0.05, 0) is 25.1 Å². The van der Waals surface area contributed by atoms with Crippen LogP contribution < -0.4 is 11.1 Å². The van der Waals surface area contributed by atoms with Crippen LogP contribution in [-0.4, -0.2) is 11.9 Å². The van der Waals surface area contributed by atoms with Crippen LogP contribution in [0.1, 0.15) is 6.92 Å². The predicted octanol–water partition coefficient (Wildman–Crippen LogP) is 1.76. The summed E-state index contributed by atoms with van der Waals surface area (Å²) in [4.78, 5) is 10.7. The zero-order chi connectivity index (χ0) is 10.7. The fourth-order valence-corrected chi connectivity index (χ4v) is 1.09. The molecule has 1 unspecified atom stereocenters. The monoisotopic (exact) mass is 216 g/mol. The van der Waals surface area contributed by atoms with Gasteiger partial charge in [0.1, 0.15) is 11.9 Å². The van der Waals surface area contributed by atoms with E-state index in [1.807, 2.05) is 0 Å². The lowest BCUT2D eigenvalue weighted by Gasteiger charge is -2.11. The second-order valence-electron chi connectivity index (χ2n) is 2.90. The van der Waals surface area contributed by atoms with Crippen LogP contribution in [0.5, 0.6) is 0 Å². The molecule has 0 bridgehead atoms. The SMILES string of the molecule is CC(Nc1ccc(F)c(Cl)c1)C(N)=O. The summed E-state index contributed by atoms with van der Waals surface area (Å²) >= 11 is 5.55. The van der Waals surface area contributed by atoms with Crippen molar-refractivity contribution in [2.24, 2.45) is 5.73 Å². The number of hydrogen-bond acceptors (Lipinski definition) is 2. The lowest BCUT2D eigenvalue weighted by atomic mass is 10.2. The number of halogens is 2. The summed E-state index contributed by atoms with van der Waals surface area (Å²) in [6.45, 7) is 1.61. The highest BCUT2D eigenvalue weighted by Gasteiger charge is 2.08. The summed E-state index contributed by atoms with van der Waals surface area (Å²) in [6, 6.07) is 3.59. The highest BCUT2D eigenvalue weighted by atomic mass is 35.5. The van der Waals surface area contributed by atoms with Gasteiger partial charge >= 0.3 is 0 Å². The van der Waals surface area contributed by atoms with Crippen molar-refractivity contribution in [3.63, 3.8) is 0 Å². The number of benzene rings is 1. The quantitative estimate of drug-likeness (QED) is 0.809. The molecule has 14 heavy (non-hydrogen) atoms. The molecule has 1 rings (SSSR count). The van der Waals surface area contributed by atoms with Crippen LogP contribution in [0.4, 0.5) is 10.1 Å². The standard InChI is InChI=1S/C9H10ClFN2O/c1-5(9(12)14)13-6-2-3-8(11)7(10)4-6/h2-5,13H,1H3,(H2,12,14). The molecular weight excluding hydrogens is 207 g/mol. The Bertz CT molecular complexity index is 357. The van der Waals surface area contributed by atoms with Crippen LogP contribution in [-0.2, 0) is 4.79 Å². The van der Waals surface area contributed by atoms with Crippen molar-refractivity contribution in [1.29, 1.82) is 0 Å². The first kappa shape index (κ1) is 10.8. The molecule has 0 aliphatic carbocycles. The number of nitrogens with one attached hydrogen (secondary N) is 1. The minimum Gasteiger partial charge on any atom is -0.374 e. The van der Waals surface area contributed by atoms with Gasteiger partial charge in [-0.25, -0.2) is 4.39 Å². The minimum atomic E-state index is -0.517. The van der Waals surface area contributed by atoms with Crippen molar-refractivity contribution < 1.29 is 9.18 Å². The fourth-order valence-electron chi connectivity index (χ4n) is 0.907. The highest BCUT2D eigenvalue weighted by molar-refractivity contribution is 6.31. The van der Waals surface area contributed by atoms with E-state index >= 15 is 0 Å². The van der Waals surface area contributed by atoms with E-state index in [1.54, 1.807) is 6.92 Å². The van der Waals surface area contributed by atoms with Crippen LogP contribution in [0.3, 0.4) is 0 Å². The number of primary amides is 1. The van der Waals surface area contributed by atoms with E-state index in [0.29, 0.717) is 5.69 Å². The van der Waals surface area contributed by atoms with E-state index in [-0.39, 0.29) is 5.02 Å². The van der Waals surface area contributed by atoms with Crippen molar-refractivity contribution in [2.75, 3.05) is 5.32 Å². The molecule has 0 heterocycles. The highest BCUT2D eigenvalue weighted by Crippen LogP contribution is 2.19. The van der Waals surface area contributed by atoms with E-state index in [4.69, 9.17) is 17.3 Å². The maximum Gasteiger partial charge on any atom is 0.239 e. The lowest BCUT2D eigenvalue weighted by Crippen LogP contribution is -2.32. The van der Waals surface area contributed by atoms with Crippen molar-refractivity contribution in [3.8, 4) is 0 Å². The second-order valence-corrected chi connectivity index (χ2v) is 3.30. The molecule has 1 amide bonds. The Labute approximate surface area is 86.0 Å². The average molecular weight is 217 g/mol. The van der Waals surface area contributed by atoms with Gasteiger partial charge in [0.25, 0.3) is 0 Å². The third kappa shape index (κ3) is 2.60. The number of carbonyl (C=O) groups excluding carboxylic acids is 1. The molecule has 0 fully saturated rings. The number of anilines is 1. The normalized spacial score (nSPS) is 12.2. The molecule has 0 saturated carbocycles. The van der Waals surface area contributed by atoms with Gasteiger partial charge in [0, 0.05) is 5.69 Å². The molecule has 0 aliphatic heterocycles. The molecule has 1 atom stereocenters. The van der Waals surface area contributed by atoms with Gasteiger partial charge < -0.3 is 11.1 Å². The van der Waals surface area contributed by atoms with Crippen LogP contribution >= 0.6 is 11.6 Å². The molecule has 3 N–H and O–H groups in total. The van der Waals surface area contributed by atoms with E-state index in [1.165, 1.54) is 18.2 Å². The molecule has 3 nitrogen and oxygen atoms in total. The van der Waals surface area contributed by atoms with Gasteiger partial charge in [0.15, 0.2) is 0 Å². The molecular formula is C9H10ClFN2O. The van der Waals surface area contributed by atoms with Crippen LogP contribution in [0.25, 0.3) is 0 Å².